The van der Waals surface area contributed by atoms with Crippen LogP contribution in [-0.2, 0) is 16.1 Å². The van der Waals surface area contributed by atoms with Gasteiger partial charge in [-0.25, -0.2) is 0 Å². The van der Waals surface area contributed by atoms with E-state index in [1.807, 2.05) is 16.1 Å². The van der Waals surface area contributed by atoms with E-state index in [2.05, 4.69) is 32.7 Å². The minimum absolute atomic E-state index is 0.0166. The summed E-state index contributed by atoms with van der Waals surface area (Å²) in [6, 6.07) is 0. The van der Waals surface area contributed by atoms with E-state index in [9.17, 15) is 4.79 Å². The summed E-state index contributed by atoms with van der Waals surface area (Å²) in [7, 11) is 1.70. The lowest BCUT2D eigenvalue weighted by Crippen LogP contribution is -2.18. The number of methoxy groups -OCH3 is 1. The monoisotopic (exact) mass is 296 g/mol. The molecule has 0 N–H and O–H groups in total. The summed E-state index contributed by atoms with van der Waals surface area (Å²) in [5.74, 6) is 0.0486. The molecule has 1 amide bonds. The van der Waals surface area contributed by atoms with Crippen molar-refractivity contribution in [3.05, 3.63) is 16.4 Å². The van der Waals surface area contributed by atoms with E-state index in [0.29, 0.717) is 0 Å². The maximum atomic E-state index is 12.4. The van der Waals surface area contributed by atoms with Gasteiger partial charge in [0.25, 0.3) is 5.91 Å². The Bertz CT molecular complexity index is 540. The minimum atomic E-state index is 0.0166. The second kappa shape index (κ2) is 5.45. The molecule has 0 saturated heterocycles. The molecule has 0 atom stereocenters. The number of thiazole rings is 1. The zero-order valence-electron chi connectivity index (χ0n) is 13.0. The standard InChI is InChI=1S/C15H24N2O2S/c1-14(2)11(15(14,3)4)12(18)16-13-17(8-10-20-13)7-6-9-19-5/h8,10-11H,6-7,9H2,1-5H3. The van der Waals surface area contributed by atoms with Crippen molar-refractivity contribution in [1.82, 2.24) is 4.57 Å². The molecule has 5 heteroatoms. The number of nitrogens with zero attached hydrogens (tertiary/aromatic N) is 2. The molecule has 1 aromatic heterocycles. The first-order chi connectivity index (χ1) is 9.32. The molecule has 1 aliphatic carbocycles. The fourth-order valence-corrected chi connectivity index (χ4v) is 3.67. The second-order valence-corrected chi connectivity index (χ2v) is 7.42. The van der Waals surface area contributed by atoms with Gasteiger partial charge in [-0.15, -0.1) is 11.3 Å². The topological polar surface area (TPSA) is 43.6 Å². The Morgan fingerprint density at radius 3 is 2.60 bits per heavy atom. The molecule has 0 unspecified atom stereocenters. The Balaban J connectivity index is 2.13. The van der Waals surface area contributed by atoms with Crippen LogP contribution < -0.4 is 4.80 Å². The van der Waals surface area contributed by atoms with Gasteiger partial charge < -0.3 is 9.30 Å². The predicted molar refractivity (Wildman–Crippen MR) is 80.4 cm³/mol. The van der Waals surface area contributed by atoms with E-state index in [1.54, 1.807) is 7.11 Å². The molecule has 1 saturated carbocycles. The van der Waals surface area contributed by atoms with Crippen molar-refractivity contribution in [2.45, 2.75) is 40.7 Å². The number of carbonyl (C=O) groups excluding carboxylic acids is 1. The van der Waals surface area contributed by atoms with Crippen LogP contribution in [0.15, 0.2) is 16.6 Å². The third kappa shape index (κ3) is 2.61. The van der Waals surface area contributed by atoms with Gasteiger partial charge in [0.05, 0.1) is 5.92 Å². The zero-order chi connectivity index (χ0) is 15.0. The Morgan fingerprint density at radius 1 is 1.40 bits per heavy atom. The number of rotatable bonds is 5. The predicted octanol–water partition coefficient (Wildman–Crippen LogP) is 2.70. The maximum absolute atomic E-state index is 12.4. The molecule has 1 fully saturated rings. The molecule has 2 rings (SSSR count). The molecular formula is C15H24N2O2S. The number of aromatic nitrogens is 1. The summed E-state index contributed by atoms with van der Waals surface area (Å²) >= 11 is 1.52. The summed E-state index contributed by atoms with van der Waals surface area (Å²) in [5, 5.41) is 1.97. The van der Waals surface area contributed by atoms with Crippen molar-refractivity contribution in [3.8, 4) is 0 Å². The fraction of sp³-hybridized carbons (Fsp3) is 0.733. The van der Waals surface area contributed by atoms with E-state index >= 15 is 0 Å². The van der Waals surface area contributed by atoms with Crippen LogP contribution in [0.2, 0.25) is 0 Å². The van der Waals surface area contributed by atoms with Crippen molar-refractivity contribution < 1.29 is 9.53 Å². The average molecular weight is 296 g/mol. The highest BCUT2D eigenvalue weighted by Crippen LogP contribution is 2.68. The van der Waals surface area contributed by atoms with Crippen LogP contribution in [0.5, 0.6) is 0 Å². The number of hydrogen-bond acceptors (Lipinski definition) is 3. The Labute approximate surface area is 124 Å². The Morgan fingerprint density at radius 2 is 2.05 bits per heavy atom. The van der Waals surface area contributed by atoms with Gasteiger partial charge in [0.2, 0.25) is 0 Å². The highest BCUT2D eigenvalue weighted by molar-refractivity contribution is 7.07. The fourth-order valence-electron chi connectivity index (χ4n) is 2.91. The van der Waals surface area contributed by atoms with Gasteiger partial charge in [0.1, 0.15) is 0 Å². The van der Waals surface area contributed by atoms with Crippen LogP contribution >= 0.6 is 11.3 Å². The normalized spacial score (nSPS) is 21.1. The smallest absolute Gasteiger partial charge is 0.252 e. The first-order valence-electron chi connectivity index (χ1n) is 7.04. The molecule has 20 heavy (non-hydrogen) atoms. The van der Waals surface area contributed by atoms with E-state index in [0.717, 1.165) is 24.4 Å². The third-order valence-corrected chi connectivity index (χ3v) is 5.68. The molecule has 1 aromatic rings. The second-order valence-electron chi connectivity index (χ2n) is 6.55. The Hall–Kier alpha value is -0.940. The average Bonchev–Trinajstić information content (AvgIpc) is 2.65. The van der Waals surface area contributed by atoms with Gasteiger partial charge in [-0.3, -0.25) is 4.79 Å². The van der Waals surface area contributed by atoms with Crippen molar-refractivity contribution in [1.29, 1.82) is 0 Å². The Kier molecular flexibility index (Phi) is 4.21. The summed E-state index contributed by atoms with van der Waals surface area (Å²) in [5.41, 5.74) is 0.0947. The van der Waals surface area contributed by atoms with Crippen LogP contribution in [-0.4, -0.2) is 24.2 Å². The van der Waals surface area contributed by atoms with Crippen LogP contribution in [0, 0.1) is 16.7 Å². The summed E-state index contributed by atoms with van der Waals surface area (Å²) < 4.78 is 7.09. The molecule has 0 aromatic carbocycles. The highest BCUT2D eigenvalue weighted by atomic mass is 32.1. The molecule has 1 aliphatic rings. The lowest BCUT2D eigenvalue weighted by Gasteiger charge is -2.03. The molecule has 0 radical (unpaired) electrons. The van der Waals surface area contributed by atoms with E-state index in [1.165, 1.54) is 11.3 Å². The molecule has 0 bridgehead atoms. The van der Waals surface area contributed by atoms with Crippen LogP contribution in [0.4, 0.5) is 0 Å². The maximum Gasteiger partial charge on any atom is 0.252 e. The van der Waals surface area contributed by atoms with E-state index < -0.39 is 0 Å². The number of amides is 1. The van der Waals surface area contributed by atoms with Gasteiger partial charge in [0, 0.05) is 31.8 Å². The zero-order valence-corrected chi connectivity index (χ0v) is 13.8. The van der Waals surface area contributed by atoms with Crippen molar-refractivity contribution in [3.63, 3.8) is 0 Å². The molecule has 0 spiro atoms. The van der Waals surface area contributed by atoms with Crippen molar-refractivity contribution in [2.75, 3.05) is 13.7 Å². The van der Waals surface area contributed by atoms with Gasteiger partial charge in [-0.2, -0.15) is 4.99 Å². The molecule has 1 heterocycles. The molecular weight excluding hydrogens is 272 g/mol. The van der Waals surface area contributed by atoms with Crippen molar-refractivity contribution in [2.24, 2.45) is 21.7 Å². The largest absolute Gasteiger partial charge is 0.385 e. The van der Waals surface area contributed by atoms with Gasteiger partial charge >= 0.3 is 0 Å². The van der Waals surface area contributed by atoms with Gasteiger partial charge in [-0.1, -0.05) is 27.7 Å². The van der Waals surface area contributed by atoms with Crippen LogP contribution in [0.3, 0.4) is 0 Å². The van der Waals surface area contributed by atoms with E-state index in [4.69, 9.17) is 4.74 Å². The molecule has 0 aliphatic heterocycles. The van der Waals surface area contributed by atoms with Crippen LogP contribution in [0.1, 0.15) is 34.1 Å². The van der Waals surface area contributed by atoms with Crippen molar-refractivity contribution >= 4 is 17.2 Å². The highest BCUT2D eigenvalue weighted by Gasteiger charge is 2.68. The minimum Gasteiger partial charge on any atom is -0.385 e. The lowest BCUT2D eigenvalue weighted by molar-refractivity contribution is -0.120. The summed E-state index contributed by atoms with van der Waals surface area (Å²) in [4.78, 5) is 17.5. The first kappa shape index (κ1) is 15.4. The SMILES string of the molecule is COCCCn1ccsc1=NC(=O)C1C(C)(C)C1(C)C. The number of aryl methyl sites for hydroxylation is 1. The van der Waals surface area contributed by atoms with Gasteiger partial charge in [-0.05, 0) is 17.3 Å². The third-order valence-electron chi connectivity index (χ3n) is 4.88. The number of hydrogen-bond donors (Lipinski definition) is 0. The summed E-state index contributed by atoms with van der Waals surface area (Å²) in [6.07, 6.45) is 2.91. The molecule has 112 valence electrons. The molecule has 4 nitrogen and oxygen atoms in total. The van der Waals surface area contributed by atoms with Gasteiger partial charge in [0.15, 0.2) is 4.80 Å². The first-order valence-corrected chi connectivity index (χ1v) is 7.92. The summed E-state index contributed by atoms with van der Waals surface area (Å²) in [6.45, 7) is 10.1. The quantitative estimate of drug-likeness (QED) is 0.784. The van der Waals surface area contributed by atoms with Crippen LogP contribution in [0.25, 0.3) is 0 Å². The lowest BCUT2D eigenvalue weighted by atomic mass is 10.0. The number of ether oxygens (including phenoxy) is 1. The van der Waals surface area contributed by atoms with E-state index in [-0.39, 0.29) is 22.7 Å². The number of carbonyl (C=O) groups is 1.